The van der Waals surface area contributed by atoms with Crippen molar-refractivity contribution in [2.45, 2.75) is 0 Å². The molecule has 0 unspecified atom stereocenters. The fraction of sp³-hybridized carbons (Fsp3) is 0. The van der Waals surface area contributed by atoms with Crippen molar-refractivity contribution in [2.75, 3.05) is 0 Å². The van der Waals surface area contributed by atoms with Crippen molar-refractivity contribution in [1.29, 1.82) is 0 Å². The van der Waals surface area contributed by atoms with Gasteiger partial charge in [0.15, 0.2) is 5.58 Å². The highest BCUT2D eigenvalue weighted by molar-refractivity contribution is 6.28. The Balaban J connectivity index is 1.22. The molecule has 0 fully saturated rings. The maximum atomic E-state index is 6.44. The lowest BCUT2D eigenvalue weighted by molar-refractivity contribution is 0.620. The molecule has 4 nitrogen and oxygen atoms in total. The van der Waals surface area contributed by atoms with Crippen LogP contribution in [0.1, 0.15) is 0 Å². The van der Waals surface area contributed by atoms with Gasteiger partial charge in [-0.15, -0.1) is 0 Å². The number of aromatic nitrogens is 2. The van der Waals surface area contributed by atoms with Crippen LogP contribution in [0.2, 0.25) is 0 Å². The van der Waals surface area contributed by atoms with Gasteiger partial charge in [0.1, 0.15) is 16.7 Å². The Kier molecular flexibility index (Phi) is 4.42. The second kappa shape index (κ2) is 8.34. The Morgan fingerprint density at radius 2 is 1.16 bits per heavy atom. The minimum Gasteiger partial charge on any atom is -0.456 e. The summed E-state index contributed by atoms with van der Waals surface area (Å²) >= 11 is 0. The highest BCUT2D eigenvalue weighted by Crippen LogP contribution is 2.41. The molecule has 43 heavy (non-hydrogen) atoms. The van der Waals surface area contributed by atoms with Gasteiger partial charge >= 0.3 is 0 Å². The molecule has 0 atom stereocenters. The molecule has 3 aromatic heterocycles. The van der Waals surface area contributed by atoms with Gasteiger partial charge in [-0.2, -0.15) is 0 Å². The largest absolute Gasteiger partial charge is 0.456 e. The van der Waals surface area contributed by atoms with Gasteiger partial charge < -0.3 is 13.4 Å². The minimum absolute atomic E-state index is 0.610. The zero-order chi connectivity index (χ0) is 28.1. The SMILES string of the molecule is c1ccc2c(c1)ccc1c2c2c3ccccc3ccc2n1-c1ccc2c(c1)oc1ccc(-c3nc4ccccc4o3)cc12. The van der Waals surface area contributed by atoms with E-state index in [1.165, 1.54) is 43.4 Å². The summed E-state index contributed by atoms with van der Waals surface area (Å²) < 4.78 is 14.9. The average molecular weight is 551 g/mol. The van der Waals surface area contributed by atoms with Crippen LogP contribution < -0.4 is 0 Å². The van der Waals surface area contributed by atoms with Gasteiger partial charge in [-0.1, -0.05) is 72.8 Å². The van der Waals surface area contributed by atoms with Crippen LogP contribution >= 0.6 is 0 Å². The fourth-order valence-electron chi connectivity index (χ4n) is 6.86. The highest BCUT2D eigenvalue weighted by atomic mass is 16.3. The fourth-order valence-corrected chi connectivity index (χ4v) is 6.86. The van der Waals surface area contributed by atoms with E-state index in [9.17, 15) is 0 Å². The maximum absolute atomic E-state index is 6.44. The molecule has 200 valence electrons. The van der Waals surface area contributed by atoms with Crippen LogP contribution in [-0.4, -0.2) is 9.55 Å². The van der Waals surface area contributed by atoms with Gasteiger partial charge in [0, 0.05) is 38.9 Å². The normalized spacial score (nSPS) is 12.2. The number of furan rings is 1. The maximum Gasteiger partial charge on any atom is 0.227 e. The number of nitrogens with zero attached hydrogens (tertiary/aromatic N) is 2. The molecule has 0 amide bonds. The molecule has 10 rings (SSSR count). The lowest BCUT2D eigenvalue weighted by Crippen LogP contribution is -1.93. The number of benzene rings is 7. The van der Waals surface area contributed by atoms with Crippen molar-refractivity contribution in [3.8, 4) is 17.1 Å². The van der Waals surface area contributed by atoms with Gasteiger partial charge in [0.05, 0.1) is 11.0 Å². The second-order valence-corrected chi connectivity index (χ2v) is 11.2. The average Bonchev–Trinajstić information content (AvgIpc) is 3.75. The Labute approximate surface area is 245 Å². The molecule has 3 heterocycles. The van der Waals surface area contributed by atoms with E-state index in [0.29, 0.717) is 5.89 Å². The Morgan fingerprint density at radius 3 is 1.91 bits per heavy atom. The van der Waals surface area contributed by atoms with Crippen molar-refractivity contribution in [3.05, 3.63) is 133 Å². The number of para-hydroxylation sites is 2. The molecule has 0 aliphatic rings. The van der Waals surface area contributed by atoms with E-state index >= 15 is 0 Å². The second-order valence-electron chi connectivity index (χ2n) is 11.2. The lowest BCUT2D eigenvalue weighted by Gasteiger charge is -2.08. The molecule has 0 radical (unpaired) electrons. The summed E-state index contributed by atoms with van der Waals surface area (Å²) in [5.41, 5.74) is 7.67. The van der Waals surface area contributed by atoms with Gasteiger partial charge in [0.25, 0.3) is 0 Å². The molecule has 0 spiro atoms. The minimum atomic E-state index is 0.610. The van der Waals surface area contributed by atoms with Crippen LogP contribution in [0.5, 0.6) is 0 Å². The molecule has 0 saturated carbocycles. The summed E-state index contributed by atoms with van der Waals surface area (Å²) in [7, 11) is 0. The molecule has 0 aliphatic carbocycles. The van der Waals surface area contributed by atoms with E-state index in [2.05, 4.69) is 102 Å². The lowest BCUT2D eigenvalue weighted by atomic mass is 10.00. The van der Waals surface area contributed by atoms with Crippen LogP contribution in [0, 0.1) is 0 Å². The Morgan fingerprint density at radius 1 is 0.465 bits per heavy atom. The number of oxazole rings is 1. The summed E-state index contributed by atoms with van der Waals surface area (Å²) in [5, 5.41) is 9.66. The van der Waals surface area contributed by atoms with E-state index in [0.717, 1.165) is 44.3 Å². The first kappa shape index (κ1) is 22.8. The van der Waals surface area contributed by atoms with Gasteiger partial charge in [-0.3, -0.25) is 0 Å². The van der Waals surface area contributed by atoms with E-state index < -0.39 is 0 Å². The van der Waals surface area contributed by atoms with Crippen molar-refractivity contribution >= 4 is 76.4 Å². The van der Waals surface area contributed by atoms with Crippen molar-refractivity contribution in [1.82, 2.24) is 9.55 Å². The monoisotopic (exact) mass is 550 g/mol. The zero-order valence-corrected chi connectivity index (χ0v) is 22.9. The van der Waals surface area contributed by atoms with Gasteiger partial charge in [-0.25, -0.2) is 4.98 Å². The van der Waals surface area contributed by atoms with Crippen LogP contribution in [-0.2, 0) is 0 Å². The molecular weight excluding hydrogens is 528 g/mol. The first-order valence-electron chi connectivity index (χ1n) is 14.5. The van der Waals surface area contributed by atoms with E-state index in [4.69, 9.17) is 13.8 Å². The number of fused-ring (bicyclic) bond motifs is 11. The molecule has 7 aromatic carbocycles. The van der Waals surface area contributed by atoms with Crippen LogP contribution in [0.15, 0.2) is 142 Å². The van der Waals surface area contributed by atoms with Gasteiger partial charge in [0.2, 0.25) is 5.89 Å². The van der Waals surface area contributed by atoms with Crippen molar-refractivity contribution in [3.63, 3.8) is 0 Å². The summed E-state index contributed by atoms with van der Waals surface area (Å²) in [6, 6.07) is 46.8. The predicted octanol–water partition coefficient (Wildman–Crippen LogP) is 10.8. The molecule has 0 aliphatic heterocycles. The van der Waals surface area contributed by atoms with Crippen molar-refractivity contribution in [2.24, 2.45) is 0 Å². The highest BCUT2D eigenvalue weighted by Gasteiger charge is 2.19. The number of hydrogen-bond acceptors (Lipinski definition) is 3. The quantitative estimate of drug-likeness (QED) is 0.215. The third-order valence-corrected chi connectivity index (χ3v) is 8.80. The number of rotatable bonds is 2. The summed E-state index contributed by atoms with van der Waals surface area (Å²) in [6.07, 6.45) is 0. The Hall–Kier alpha value is -5.87. The predicted molar refractivity (Wildman–Crippen MR) is 176 cm³/mol. The molecule has 4 heteroatoms. The van der Waals surface area contributed by atoms with Crippen molar-refractivity contribution < 1.29 is 8.83 Å². The zero-order valence-electron chi connectivity index (χ0n) is 22.9. The molecule has 0 N–H and O–H groups in total. The Bertz CT molecular complexity index is 2620. The van der Waals surface area contributed by atoms with E-state index in [1.54, 1.807) is 0 Å². The molecular formula is C39H22N2O2. The topological polar surface area (TPSA) is 44.1 Å². The number of hydrogen-bond donors (Lipinski definition) is 0. The first-order chi connectivity index (χ1) is 21.3. The standard InChI is InChI=1S/C39H22N2O2/c1-3-9-27-23(7-1)13-18-32-37(27)38-28-10-4-2-8-24(28)14-19-33(38)41(32)26-16-17-29-30-21-25(15-20-34(30)42-36(29)22-26)39-40-31-11-5-6-12-35(31)43-39/h1-22H. The third-order valence-electron chi connectivity index (χ3n) is 8.80. The molecule has 10 aromatic rings. The first-order valence-corrected chi connectivity index (χ1v) is 14.5. The summed E-state index contributed by atoms with van der Waals surface area (Å²) in [4.78, 5) is 4.70. The van der Waals surface area contributed by atoms with Crippen LogP contribution in [0.3, 0.4) is 0 Å². The van der Waals surface area contributed by atoms with Crippen LogP contribution in [0.25, 0.3) is 93.5 Å². The third kappa shape index (κ3) is 3.18. The van der Waals surface area contributed by atoms with Crippen LogP contribution in [0.4, 0.5) is 0 Å². The summed E-state index contributed by atoms with van der Waals surface area (Å²) in [5.74, 6) is 0.610. The van der Waals surface area contributed by atoms with Gasteiger partial charge in [-0.05, 0) is 76.1 Å². The molecule has 0 bridgehead atoms. The molecule has 0 saturated heterocycles. The summed E-state index contributed by atoms with van der Waals surface area (Å²) in [6.45, 7) is 0. The van der Waals surface area contributed by atoms with E-state index in [1.807, 2.05) is 36.4 Å². The van der Waals surface area contributed by atoms with E-state index in [-0.39, 0.29) is 0 Å². The smallest absolute Gasteiger partial charge is 0.227 e.